The Morgan fingerprint density at radius 3 is 2.68 bits per heavy atom. The van der Waals surface area contributed by atoms with Crippen LogP contribution in [0.2, 0.25) is 0 Å². The van der Waals surface area contributed by atoms with Crippen LogP contribution in [0.5, 0.6) is 0 Å². The van der Waals surface area contributed by atoms with Gasteiger partial charge in [0.1, 0.15) is 0 Å². The summed E-state index contributed by atoms with van der Waals surface area (Å²) in [7, 11) is 0. The van der Waals surface area contributed by atoms with Crippen molar-refractivity contribution < 1.29 is 4.79 Å². The van der Waals surface area contributed by atoms with Gasteiger partial charge in [0.15, 0.2) is 0 Å². The van der Waals surface area contributed by atoms with Gasteiger partial charge in [-0.15, -0.1) is 0 Å². The first-order chi connectivity index (χ1) is 15.1. The number of nitrogens with zero attached hydrogens (tertiary/aromatic N) is 3. The summed E-state index contributed by atoms with van der Waals surface area (Å²) in [5.74, 6) is -0.171. The molecule has 0 aliphatic heterocycles. The molecule has 0 fully saturated rings. The summed E-state index contributed by atoms with van der Waals surface area (Å²) < 4.78 is 3.10. The van der Waals surface area contributed by atoms with Crippen LogP contribution in [0.4, 0.5) is 0 Å². The van der Waals surface area contributed by atoms with E-state index in [4.69, 9.17) is 5.26 Å². The third-order valence-electron chi connectivity index (χ3n) is 4.90. The van der Waals surface area contributed by atoms with Crippen LogP contribution in [-0.2, 0) is 17.8 Å². The fraction of sp³-hybridized carbons (Fsp3) is 0.0800. The number of amides is 1. The molecule has 0 bridgehead atoms. The topological polar surface area (TPSA) is 70.2 Å². The van der Waals surface area contributed by atoms with Gasteiger partial charge in [0.05, 0.1) is 24.3 Å². The lowest BCUT2D eigenvalue weighted by molar-refractivity contribution is -0.120. The molecule has 1 amide bonds. The van der Waals surface area contributed by atoms with Crippen LogP contribution in [0.1, 0.15) is 22.3 Å². The molecule has 0 spiro atoms. The number of fused-ring (bicyclic) bond motifs is 1. The zero-order chi connectivity index (χ0) is 21.6. The molecule has 0 aliphatic rings. The van der Waals surface area contributed by atoms with Crippen molar-refractivity contribution in [2.75, 3.05) is 0 Å². The standard InChI is InChI=1S/C25H19BrN4O/c26-22-10-8-18(9-11-22)13-25(31)29-28-15-21-17-30(24-7-2-1-6-23(21)24)16-20-5-3-4-19(12-20)14-27/h1-12,15,17H,13,16H2,(H,29,31)/b28-15-. The van der Waals surface area contributed by atoms with E-state index in [1.54, 1.807) is 12.3 Å². The molecule has 4 rings (SSSR count). The van der Waals surface area contributed by atoms with Gasteiger partial charge < -0.3 is 4.57 Å². The number of para-hydroxylation sites is 1. The lowest BCUT2D eigenvalue weighted by Gasteiger charge is -2.05. The summed E-state index contributed by atoms with van der Waals surface area (Å²) in [5.41, 5.74) is 7.20. The average molecular weight is 471 g/mol. The highest BCUT2D eigenvalue weighted by Crippen LogP contribution is 2.21. The van der Waals surface area contributed by atoms with Crippen LogP contribution in [0.3, 0.4) is 0 Å². The summed E-state index contributed by atoms with van der Waals surface area (Å²) in [6, 6.07) is 25.4. The number of benzene rings is 3. The van der Waals surface area contributed by atoms with Gasteiger partial charge in [0.25, 0.3) is 0 Å². The van der Waals surface area contributed by atoms with Gasteiger partial charge in [0.2, 0.25) is 5.91 Å². The van der Waals surface area contributed by atoms with E-state index in [1.807, 2.05) is 72.9 Å². The molecule has 1 aromatic heterocycles. The average Bonchev–Trinajstić information content (AvgIpc) is 3.13. The third-order valence-corrected chi connectivity index (χ3v) is 5.43. The Kier molecular flexibility index (Phi) is 6.25. The van der Waals surface area contributed by atoms with E-state index >= 15 is 0 Å². The van der Waals surface area contributed by atoms with Gasteiger partial charge in [0, 0.05) is 33.7 Å². The second-order valence-electron chi connectivity index (χ2n) is 7.14. The van der Waals surface area contributed by atoms with Gasteiger partial charge in [-0.2, -0.15) is 10.4 Å². The van der Waals surface area contributed by atoms with E-state index in [0.29, 0.717) is 12.1 Å². The Morgan fingerprint density at radius 1 is 1.06 bits per heavy atom. The minimum atomic E-state index is -0.171. The Hall–Kier alpha value is -3.69. The summed E-state index contributed by atoms with van der Waals surface area (Å²) >= 11 is 3.39. The first-order valence-corrected chi connectivity index (χ1v) is 10.5. The summed E-state index contributed by atoms with van der Waals surface area (Å²) in [6.07, 6.45) is 3.94. The smallest absolute Gasteiger partial charge is 0.244 e. The minimum Gasteiger partial charge on any atom is -0.342 e. The number of halogens is 1. The predicted octanol–water partition coefficient (Wildman–Crippen LogP) is 5.02. The molecule has 31 heavy (non-hydrogen) atoms. The van der Waals surface area contributed by atoms with Crippen molar-refractivity contribution in [2.45, 2.75) is 13.0 Å². The third kappa shape index (κ3) is 5.08. The highest BCUT2D eigenvalue weighted by atomic mass is 79.9. The molecule has 1 N–H and O–H groups in total. The van der Waals surface area contributed by atoms with Crippen LogP contribution >= 0.6 is 15.9 Å². The van der Waals surface area contributed by atoms with Gasteiger partial charge in [-0.1, -0.05) is 58.4 Å². The van der Waals surface area contributed by atoms with Gasteiger partial charge >= 0.3 is 0 Å². The Bertz CT molecular complexity index is 1300. The SMILES string of the molecule is N#Cc1cccc(Cn2cc(/C=N\NC(=O)Cc3ccc(Br)cc3)c3ccccc32)c1. The van der Waals surface area contributed by atoms with E-state index < -0.39 is 0 Å². The molecule has 0 unspecified atom stereocenters. The Balaban J connectivity index is 1.50. The molecular formula is C25H19BrN4O. The maximum absolute atomic E-state index is 12.2. The highest BCUT2D eigenvalue weighted by Gasteiger charge is 2.08. The molecule has 0 aliphatic carbocycles. The first kappa shape index (κ1) is 20.6. The van der Waals surface area contributed by atoms with Gasteiger partial charge in [-0.25, -0.2) is 5.43 Å². The summed E-state index contributed by atoms with van der Waals surface area (Å²) in [6.45, 7) is 0.639. The van der Waals surface area contributed by atoms with Crippen molar-refractivity contribution in [3.8, 4) is 6.07 Å². The largest absolute Gasteiger partial charge is 0.342 e. The van der Waals surface area contributed by atoms with Crippen molar-refractivity contribution in [1.29, 1.82) is 5.26 Å². The monoisotopic (exact) mass is 470 g/mol. The van der Waals surface area contributed by atoms with Crippen molar-refractivity contribution in [3.63, 3.8) is 0 Å². The van der Waals surface area contributed by atoms with Crippen LogP contribution in [0.25, 0.3) is 10.9 Å². The number of nitrogens with one attached hydrogen (secondary N) is 1. The maximum Gasteiger partial charge on any atom is 0.244 e. The Labute approximate surface area is 188 Å². The molecule has 5 nitrogen and oxygen atoms in total. The van der Waals surface area contributed by atoms with Crippen LogP contribution in [0, 0.1) is 11.3 Å². The van der Waals surface area contributed by atoms with Crippen molar-refractivity contribution >= 4 is 39.0 Å². The lowest BCUT2D eigenvalue weighted by atomic mass is 10.1. The second-order valence-corrected chi connectivity index (χ2v) is 8.05. The zero-order valence-corrected chi connectivity index (χ0v) is 18.2. The Morgan fingerprint density at radius 2 is 1.87 bits per heavy atom. The van der Waals surface area contributed by atoms with E-state index in [0.717, 1.165) is 32.1 Å². The van der Waals surface area contributed by atoms with Gasteiger partial charge in [-0.05, 0) is 41.5 Å². The molecular weight excluding hydrogens is 452 g/mol. The van der Waals surface area contributed by atoms with E-state index in [1.165, 1.54) is 0 Å². The number of carbonyl (C=O) groups is 1. The number of rotatable bonds is 6. The number of nitriles is 1. The highest BCUT2D eigenvalue weighted by molar-refractivity contribution is 9.10. The predicted molar refractivity (Wildman–Crippen MR) is 126 cm³/mol. The molecule has 4 aromatic rings. The molecule has 152 valence electrons. The molecule has 6 heteroatoms. The van der Waals surface area contributed by atoms with Crippen molar-refractivity contribution in [2.24, 2.45) is 5.10 Å². The summed E-state index contributed by atoms with van der Waals surface area (Å²) in [5, 5.41) is 14.3. The van der Waals surface area contributed by atoms with Crippen LogP contribution < -0.4 is 5.43 Å². The quantitative estimate of drug-likeness (QED) is 0.317. The number of hydrogen-bond acceptors (Lipinski definition) is 3. The van der Waals surface area contributed by atoms with Crippen molar-refractivity contribution in [3.05, 3.63) is 106 Å². The normalized spacial score (nSPS) is 11.0. The van der Waals surface area contributed by atoms with E-state index in [-0.39, 0.29) is 12.3 Å². The summed E-state index contributed by atoms with van der Waals surface area (Å²) in [4.78, 5) is 12.2. The maximum atomic E-state index is 12.2. The first-order valence-electron chi connectivity index (χ1n) is 9.75. The van der Waals surface area contributed by atoms with Crippen LogP contribution in [0.15, 0.2) is 88.6 Å². The number of carbonyl (C=O) groups excluding carboxylic acids is 1. The zero-order valence-electron chi connectivity index (χ0n) is 16.6. The molecule has 0 radical (unpaired) electrons. The van der Waals surface area contributed by atoms with E-state index in [2.05, 4.69) is 37.1 Å². The molecule has 0 atom stereocenters. The second kappa shape index (κ2) is 9.41. The molecule has 3 aromatic carbocycles. The van der Waals surface area contributed by atoms with E-state index in [9.17, 15) is 4.79 Å². The molecule has 1 heterocycles. The number of hydrazone groups is 1. The van der Waals surface area contributed by atoms with Crippen molar-refractivity contribution in [1.82, 2.24) is 9.99 Å². The minimum absolute atomic E-state index is 0.171. The number of aromatic nitrogens is 1. The fourth-order valence-electron chi connectivity index (χ4n) is 3.45. The van der Waals surface area contributed by atoms with Gasteiger partial charge in [-0.3, -0.25) is 4.79 Å². The van der Waals surface area contributed by atoms with Crippen LogP contribution in [-0.4, -0.2) is 16.7 Å². The number of hydrogen-bond donors (Lipinski definition) is 1. The molecule has 0 saturated heterocycles. The molecule has 0 saturated carbocycles. The fourth-order valence-corrected chi connectivity index (χ4v) is 3.71. The lowest BCUT2D eigenvalue weighted by Crippen LogP contribution is -2.19.